The molecule has 0 aromatic heterocycles. The number of aliphatic hydroxyl groups is 1. The fraction of sp³-hybridized carbons (Fsp3) is 1.00. The second-order valence-electron chi connectivity index (χ2n) is 5.01. The van der Waals surface area contributed by atoms with E-state index < -0.39 is 16.2 Å². The summed E-state index contributed by atoms with van der Waals surface area (Å²) in [5.41, 5.74) is 8.59. The quantitative estimate of drug-likeness (QED) is 0.266. The van der Waals surface area contributed by atoms with Gasteiger partial charge in [0.1, 0.15) is 6.10 Å². The van der Waals surface area contributed by atoms with Gasteiger partial charge in [-0.3, -0.25) is 4.18 Å². The lowest BCUT2D eigenvalue weighted by atomic mass is 9.90. The van der Waals surface area contributed by atoms with Gasteiger partial charge in [0, 0.05) is 11.0 Å². The van der Waals surface area contributed by atoms with Crippen molar-refractivity contribution in [2.45, 2.75) is 64.5 Å². The Morgan fingerprint density at radius 3 is 2.48 bits per heavy atom. The monoisotopic (exact) mass is 321 g/mol. The van der Waals surface area contributed by atoms with Gasteiger partial charge in [-0.1, -0.05) is 38.2 Å². The van der Waals surface area contributed by atoms with Gasteiger partial charge < -0.3 is 5.11 Å². The molecule has 0 saturated heterocycles. The van der Waals surface area contributed by atoms with Crippen molar-refractivity contribution in [1.82, 2.24) is 0 Å². The molecule has 0 heterocycles. The minimum absolute atomic E-state index is 0.0669. The van der Waals surface area contributed by atoms with Crippen molar-refractivity contribution in [3.8, 4) is 0 Å². The highest BCUT2D eigenvalue weighted by Crippen LogP contribution is 2.30. The zero-order chi connectivity index (χ0) is 16.3. The van der Waals surface area contributed by atoms with Crippen LogP contribution in [0, 0.1) is 5.92 Å². The third-order valence-corrected chi connectivity index (χ3v) is 4.02. The molecule has 1 N–H and O–H groups in total. The highest BCUT2D eigenvalue weighted by molar-refractivity contribution is 7.86. The fourth-order valence-corrected chi connectivity index (χ4v) is 3.22. The molecular weight excluding hydrogens is 294 g/mol. The van der Waals surface area contributed by atoms with Crippen molar-refractivity contribution in [2.75, 3.05) is 12.9 Å². The van der Waals surface area contributed by atoms with Crippen LogP contribution in [-0.4, -0.2) is 38.5 Å². The van der Waals surface area contributed by atoms with Gasteiger partial charge in [0.25, 0.3) is 10.1 Å². The van der Waals surface area contributed by atoms with Crippen LogP contribution in [0.5, 0.6) is 0 Å². The van der Waals surface area contributed by atoms with Crippen LogP contribution >= 0.6 is 0 Å². The Balaban J connectivity index is 0.00000191. The van der Waals surface area contributed by atoms with Gasteiger partial charge in [-0.15, -0.1) is 0 Å². The molecule has 8 heteroatoms. The summed E-state index contributed by atoms with van der Waals surface area (Å²) in [6, 6.07) is -0.135. The largest absolute Gasteiger partial charge is 0.394 e. The first kappa shape index (κ1) is 20.2. The summed E-state index contributed by atoms with van der Waals surface area (Å²) in [5.74, 6) is 0.0669. The van der Waals surface area contributed by atoms with Crippen LogP contribution < -0.4 is 0 Å². The van der Waals surface area contributed by atoms with E-state index in [0.717, 1.165) is 38.4 Å². The van der Waals surface area contributed by atoms with E-state index in [9.17, 15) is 13.5 Å². The number of aliphatic hydroxyl groups excluding tert-OH is 1. The number of azide groups is 1. The third-order valence-electron chi connectivity index (χ3n) is 3.40. The molecule has 0 unspecified atom stereocenters. The molecule has 124 valence electrons. The summed E-state index contributed by atoms with van der Waals surface area (Å²) < 4.78 is 27.0. The van der Waals surface area contributed by atoms with Crippen LogP contribution in [0.25, 0.3) is 10.4 Å². The first-order chi connectivity index (χ1) is 9.96. The Morgan fingerprint density at radius 2 is 1.95 bits per heavy atom. The summed E-state index contributed by atoms with van der Waals surface area (Å²) in [6.07, 6.45) is 5.41. The topological polar surface area (TPSA) is 112 Å². The molecule has 21 heavy (non-hydrogen) atoms. The molecule has 1 aliphatic rings. The van der Waals surface area contributed by atoms with Gasteiger partial charge in [-0.05, 0) is 30.7 Å². The lowest BCUT2D eigenvalue weighted by Crippen LogP contribution is -2.28. The molecule has 7 nitrogen and oxygen atoms in total. The molecule has 3 atom stereocenters. The van der Waals surface area contributed by atoms with Gasteiger partial charge in [-0.25, -0.2) is 0 Å². The lowest BCUT2D eigenvalue weighted by molar-refractivity contribution is 0.0942. The predicted octanol–water partition coefficient (Wildman–Crippen LogP) is 3.00. The molecule has 0 radical (unpaired) electrons. The van der Waals surface area contributed by atoms with E-state index >= 15 is 0 Å². The maximum Gasteiger partial charge on any atom is 0.264 e. The van der Waals surface area contributed by atoms with Crippen molar-refractivity contribution < 1.29 is 17.7 Å². The van der Waals surface area contributed by atoms with E-state index in [1.165, 1.54) is 0 Å². The molecule has 1 rings (SSSR count). The van der Waals surface area contributed by atoms with E-state index in [2.05, 4.69) is 10.0 Å². The van der Waals surface area contributed by atoms with E-state index in [-0.39, 0.29) is 18.6 Å². The molecule has 1 saturated carbocycles. The lowest BCUT2D eigenvalue weighted by Gasteiger charge is -2.24. The van der Waals surface area contributed by atoms with Crippen LogP contribution in [-0.2, 0) is 14.3 Å². The van der Waals surface area contributed by atoms with Crippen LogP contribution in [0.2, 0.25) is 0 Å². The Kier molecular flexibility index (Phi) is 10.4. The molecule has 0 aliphatic heterocycles. The fourth-order valence-electron chi connectivity index (χ4n) is 2.59. The van der Waals surface area contributed by atoms with E-state index in [1.807, 2.05) is 13.8 Å². The minimum atomic E-state index is -3.59. The average molecular weight is 321 g/mol. The third kappa shape index (κ3) is 8.93. The first-order valence-electron chi connectivity index (χ1n) is 7.49. The smallest absolute Gasteiger partial charge is 0.264 e. The summed E-state index contributed by atoms with van der Waals surface area (Å²) in [7, 11) is -3.59. The zero-order valence-electron chi connectivity index (χ0n) is 13.1. The Hall–Kier alpha value is -0.820. The number of nitrogens with zero attached hydrogens (tertiary/aromatic N) is 3. The van der Waals surface area contributed by atoms with Crippen molar-refractivity contribution in [2.24, 2.45) is 11.0 Å². The molecule has 0 amide bonds. The second kappa shape index (κ2) is 10.8. The van der Waals surface area contributed by atoms with Crippen LogP contribution in [0.3, 0.4) is 0 Å². The normalized spacial score (nSPS) is 24.0. The highest BCUT2D eigenvalue weighted by Gasteiger charge is 2.27. The van der Waals surface area contributed by atoms with E-state index in [0.29, 0.717) is 6.42 Å². The highest BCUT2D eigenvalue weighted by atomic mass is 32.2. The summed E-state index contributed by atoms with van der Waals surface area (Å²) in [6.45, 7) is 3.65. The Morgan fingerprint density at radius 1 is 1.33 bits per heavy atom. The number of hydrogen-bond acceptors (Lipinski definition) is 5. The second-order valence-corrected chi connectivity index (χ2v) is 6.61. The summed E-state index contributed by atoms with van der Waals surface area (Å²) in [5, 5.41) is 13.0. The van der Waals surface area contributed by atoms with Gasteiger partial charge in [0.2, 0.25) is 0 Å². The van der Waals surface area contributed by atoms with Gasteiger partial charge in [0.15, 0.2) is 0 Å². The van der Waals surface area contributed by atoms with Gasteiger partial charge in [0.05, 0.1) is 12.9 Å². The molecule has 0 bridgehead atoms. The SMILES string of the molecule is CC.CS(=O)(=O)O[C@@H](CO)C[C@@H]1CCCCC[C@H]1N=[N+]=[N-]. The van der Waals surface area contributed by atoms with Crippen molar-refractivity contribution in [3.05, 3.63) is 10.4 Å². The number of hydrogen-bond donors (Lipinski definition) is 1. The standard InChI is InChI=1S/C11H21N3O4S.C2H6/c1-19(16,17)18-10(8-15)7-9-5-3-2-4-6-11(9)13-14-12;1-2/h9-11,15H,2-8H2,1H3;1-2H3/t9-,10+,11+;/m0./s1. The first-order valence-corrected chi connectivity index (χ1v) is 9.31. The predicted molar refractivity (Wildman–Crippen MR) is 82.3 cm³/mol. The summed E-state index contributed by atoms with van der Waals surface area (Å²) >= 11 is 0. The molecular formula is C13H27N3O4S. The van der Waals surface area contributed by atoms with Crippen LogP contribution in [0.15, 0.2) is 5.11 Å². The van der Waals surface area contributed by atoms with E-state index in [4.69, 9.17) is 9.71 Å². The maximum atomic E-state index is 11.1. The van der Waals surface area contributed by atoms with Crippen molar-refractivity contribution >= 4 is 10.1 Å². The summed E-state index contributed by atoms with van der Waals surface area (Å²) in [4.78, 5) is 2.86. The van der Waals surface area contributed by atoms with Crippen LogP contribution in [0.1, 0.15) is 52.4 Å². The van der Waals surface area contributed by atoms with Crippen molar-refractivity contribution in [3.63, 3.8) is 0 Å². The molecule has 0 aromatic rings. The van der Waals surface area contributed by atoms with Gasteiger partial charge >= 0.3 is 0 Å². The number of rotatable bonds is 6. The van der Waals surface area contributed by atoms with Crippen LogP contribution in [0.4, 0.5) is 0 Å². The van der Waals surface area contributed by atoms with Crippen molar-refractivity contribution in [1.29, 1.82) is 0 Å². The Labute approximate surface area is 127 Å². The molecule has 0 aromatic carbocycles. The van der Waals surface area contributed by atoms with Gasteiger partial charge in [-0.2, -0.15) is 8.42 Å². The molecule has 1 aliphatic carbocycles. The molecule has 1 fully saturated rings. The molecule has 0 spiro atoms. The van der Waals surface area contributed by atoms with E-state index in [1.54, 1.807) is 0 Å². The zero-order valence-corrected chi connectivity index (χ0v) is 13.9. The maximum absolute atomic E-state index is 11.1. The Bertz CT molecular complexity index is 421. The average Bonchev–Trinajstić information content (AvgIpc) is 2.65. The minimum Gasteiger partial charge on any atom is -0.394 e.